The molecule has 1 saturated heterocycles. The summed E-state index contributed by atoms with van der Waals surface area (Å²) in [4.78, 5) is 18.8. The number of rotatable bonds is 5. The van der Waals surface area contributed by atoms with Gasteiger partial charge in [-0.2, -0.15) is 5.10 Å². The van der Waals surface area contributed by atoms with Gasteiger partial charge in [0.05, 0.1) is 31.5 Å². The Morgan fingerprint density at radius 1 is 1.30 bits per heavy atom. The Kier molecular flexibility index (Phi) is 6.23. The van der Waals surface area contributed by atoms with E-state index < -0.39 is 0 Å². The number of hydrogen-bond donors (Lipinski definition) is 1. The van der Waals surface area contributed by atoms with Crippen molar-refractivity contribution in [2.75, 3.05) is 31.2 Å². The molecule has 1 amide bonds. The number of carbonyl (C=O) groups excluding carboxylic acids is 1. The van der Waals surface area contributed by atoms with Gasteiger partial charge in [-0.25, -0.2) is 10.4 Å². The lowest BCUT2D eigenvalue weighted by atomic mass is 9.87. The van der Waals surface area contributed by atoms with E-state index in [-0.39, 0.29) is 17.7 Å². The van der Waals surface area contributed by atoms with Gasteiger partial charge in [0.15, 0.2) is 5.13 Å². The SMILES string of the molecule is CC(C)(C)c1ccc(/C=N\NC(=O)Cc2csc(N3CCOCC3)n2)cc1. The van der Waals surface area contributed by atoms with E-state index in [2.05, 4.69) is 53.3 Å². The number of benzene rings is 1. The maximum absolute atomic E-state index is 12.1. The van der Waals surface area contributed by atoms with Gasteiger partial charge < -0.3 is 9.64 Å². The molecule has 1 N–H and O–H groups in total. The number of anilines is 1. The summed E-state index contributed by atoms with van der Waals surface area (Å²) in [6.07, 6.45) is 1.88. The van der Waals surface area contributed by atoms with E-state index in [0.717, 1.165) is 42.7 Å². The minimum atomic E-state index is -0.170. The first kappa shape index (κ1) is 19.5. The average Bonchev–Trinajstić information content (AvgIpc) is 3.10. The van der Waals surface area contributed by atoms with E-state index >= 15 is 0 Å². The molecular weight excluding hydrogens is 360 g/mol. The first-order valence-corrected chi connectivity index (χ1v) is 9.99. The van der Waals surface area contributed by atoms with Gasteiger partial charge >= 0.3 is 0 Å². The van der Waals surface area contributed by atoms with Crippen molar-refractivity contribution < 1.29 is 9.53 Å². The summed E-state index contributed by atoms with van der Waals surface area (Å²) >= 11 is 1.56. The minimum Gasteiger partial charge on any atom is -0.378 e. The van der Waals surface area contributed by atoms with Gasteiger partial charge in [-0.3, -0.25) is 4.79 Å². The fourth-order valence-electron chi connectivity index (χ4n) is 2.73. The Labute approximate surface area is 164 Å². The Hall–Kier alpha value is -2.25. The van der Waals surface area contributed by atoms with Crippen LogP contribution in [0.2, 0.25) is 0 Å². The lowest BCUT2D eigenvalue weighted by molar-refractivity contribution is -0.120. The third kappa shape index (κ3) is 5.61. The van der Waals surface area contributed by atoms with Gasteiger partial charge in [0, 0.05) is 18.5 Å². The van der Waals surface area contributed by atoms with Crippen LogP contribution in [-0.4, -0.2) is 43.4 Å². The van der Waals surface area contributed by atoms with E-state index in [1.165, 1.54) is 5.56 Å². The number of hydrazone groups is 1. The Balaban J connectivity index is 1.49. The Morgan fingerprint density at radius 3 is 2.67 bits per heavy atom. The molecule has 3 rings (SSSR count). The van der Waals surface area contributed by atoms with Gasteiger partial charge in [0.25, 0.3) is 0 Å². The molecule has 0 aliphatic carbocycles. The highest BCUT2D eigenvalue weighted by Gasteiger charge is 2.16. The number of nitrogens with zero attached hydrogens (tertiary/aromatic N) is 3. The zero-order valence-corrected chi connectivity index (χ0v) is 16.9. The summed E-state index contributed by atoms with van der Waals surface area (Å²) in [5.74, 6) is -0.170. The number of amides is 1. The first-order chi connectivity index (χ1) is 12.9. The van der Waals surface area contributed by atoms with Crippen LogP contribution >= 0.6 is 11.3 Å². The summed E-state index contributed by atoms with van der Waals surface area (Å²) in [5.41, 5.74) is 5.68. The normalized spacial score (nSPS) is 15.3. The molecule has 1 aliphatic heterocycles. The van der Waals surface area contributed by atoms with Crippen LogP contribution in [0.15, 0.2) is 34.7 Å². The van der Waals surface area contributed by atoms with Crippen LogP contribution in [0, 0.1) is 0 Å². The molecule has 27 heavy (non-hydrogen) atoms. The van der Waals surface area contributed by atoms with Crippen LogP contribution in [0.4, 0.5) is 5.13 Å². The van der Waals surface area contributed by atoms with Crippen LogP contribution in [0.1, 0.15) is 37.6 Å². The number of morpholine rings is 1. The standard InChI is InChI=1S/C20H26N4O2S/c1-20(2,3)16-6-4-15(5-7-16)13-21-23-18(25)12-17-14-27-19(22-17)24-8-10-26-11-9-24/h4-7,13-14H,8-12H2,1-3H3,(H,23,25)/b21-13-. The highest BCUT2D eigenvalue weighted by molar-refractivity contribution is 7.13. The number of ether oxygens (including phenoxy) is 1. The van der Waals surface area contributed by atoms with Crippen molar-refractivity contribution in [1.29, 1.82) is 0 Å². The molecule has 1 aliphatic rings. The third-order valence-electron chi connectivity index (χ3n) is 4.34. The van der Waals surface area contributed by atoms with Crippen molar-refractivity contribution in [2.24, 2.45) is 5.10 Å². The zero-order chi connectivity index (χ0) is 19.3. The molecular formula is C20H26N4O2S. The molecule has 0 atom stereocenters. The van der Waals surface area contributed by atoms with Crippen molar-refractivity contribution in [2.45, 2.75) is 32.6 Å². The highest BCUT2D eigenvalue weighted by Crippen LogP contribution is 2.22. The second-order valence-electron chi connectivity index (χ2n) is 7.56. The average molecular weight is 387 g/mol. The van der Waals surface area contributed by atoms with Crippen LogP contribution in [0.25, 0.3) is 0 Å². The molecule has 144 valence electrons. The second kappa shape index (κ2) is 8.63. The van der Waals surface area contributed by atoms with Crippen molar-refractivity contribution >= 4 is 28.6 Å². The van der Waals surface area contributed by atoms with Crippen LogP contribution < -0.4 is 10.3 Å². The number of carbonyl (C=O) groups is 1. The molecule has 1 aromatic heterocycles. The van der Waals surface area contributed by atoms with Crippen LogP contribution in [-0.2, 0) is 21.4 Å². The smallest absolute Gasteiger partial charge is 0.246 e. The molecule has 2 aromatic rings. The monoisotopic (exact) mass is 386 g/mol. The molecule has 1 aromatic carbocycles. The molecule has 6 nitrogen and oxygen atoms in total. The van der Waals surface area contributed by atoms with E-state index in [4.69, 9.17) is 4.74 Å². The van der Waals surface area contributed by atoms with Crippen LogP contribution in [0.5, 0.6) is 0 Å². The fraction of sp³-hybridized carbons (Fsp3) is 0.450. The maximum atomic E-state index is 12.1. The topological polar surface area (TPSA) is 66.8 Å². The van der Waals surface area contributed by atoms with Gasteiger partial charge in [0.2, 0.25) is 5.91 Å². The van der Waals surface area contributed by atoms with Crippen molar-refractivity contribution in [1.82, 2.24) is 10.4 Å². The molecule has 2 heterocycles. The molecule has 0 radical (unpaired) electrons. The van der Waals surface area contributed by atoms with Crippen molar-refractivity contribution in [3.63, 3.8) is 0 Å². The lowest BCUT2D eigenvalue weighted by Gasteiger charge is -2.26. The summed E-state index contributed by atoms with van der Waals surface area (Å²) in [6, 6.07) is 8.19. The summed E-state index contributed by atoms with van der Waals surface area (Å²) in [7, 11) is 0. The van der Waals surface area contributed by atoms with E-state index in [1.807, 2.05) is 17.5 Å². The van der Waals surface area contributed by atoms with E-state index in [1.54, 1.807) is 17.6 Å². The quantitative estimate of drug-likeness (QED) is 0.634. The predicted octanol–water partition coefficient (Wildman–Crippen LogP) is 2.97. The van der Waals surface area contributed by atoms with Gasteiger partial charge in [-0.1, -0.05) is 45.0 Å². The number of hydrogen-bond acceptors (Lipinski definition) is 6. The van der Waals surface area contributed by atoms with Crippen LogP contribution in [0.3, 0.4) is 0 Å². The minimum absolute atomic E-state index is 0.123. The van der Waals surface area contributed by atoms with Gasteiger partial charge in [-0.15, -0.1) is 11.3 Å². The van der Waals surface area contributed by atoms with Crippen molar-refractivity contribution in [3.05, 3.63) is 46.5 Å². The maximum Gasteiger partial charge on any atom is 0.246 e. The third-order valence-corrected chi connectivity index (χ3v) is 5.29. The largest absolute Gasteiger partial charge is 0.378 e. The number of thiazole rings is 1. The highest BCUT2D eigenvalue weighted by atomic mass is 32.1. The Bertz CT molecular complexity index is 787. The van der Waals surface area contributed by atoms with Gasteiger partial charge in [-0.05, 0) is 16.5 Å². The van der Waals surface area contributed by atoms with Gasteiger partial charge in [0.1, 0.15) is 0 Å². The summed E-state index contributed by atoms with van der Waals surface area (Å²) in [6.45, 7) is 9.67. The summed E-state index contributed by atoms with van der Waals surface area (Å²) < 4.78 is 5.35. The van der Waals surface area contributed by atoms with E-state index in [9.17, 15) is 4.79 Å². The zero-order valence-electron chi connectivity index (χ0n) is 16.1. The van der Waals surface area contributed by atoms with E-state index in [0.29, 0.717) is 0 Å². The first-order valence-electron chi connectivity index (χ1n) is 9.11. The predicted molar refractivity (Wildman–Crippen MR) is 110 cm³/mol. The molecule has 1 fully saturated rings. The fourth-order valence-corrected chi connectivity index (χ4v) is 3.61. The number of aromatic nitrogens is 1. The molecule has 0 unspecified atom stereocenters. The Morgan fingerprint density at radius 2 is 2.00 bits per heavy atom. The second-order valence-corrected chi connectivity index (χ2v) is 8.40. The molecule has 0 saturated carbocycles. The molecule has 0 spiro atoms. The number of nitrogens with one attached hydrogen (secondary N) is 1. The lowest BCUT2D eigenvalue weighted by Crippen LogP contribution is -2.36. The molecule has 7 heteroatoms. The summed E-state index contributed by atoms with van der Waals surface area (Å²) in [5, 5.41) is 6.93. The van der Waals surface area contributed by atoms with Crippen molar-refractivity contribution in [3.8, 4) is 0 Å². The molecule has 0 bridgehead atoms.